The van der Waals surface area contributed by atoms with E-state index in [4.69, 9.17) is 15.0 Å². The van der Waals surface area contributed by atoms with Gasteiger partial charge in [0.1, 0.15) is 24.3 Å². The van der Waals surface area contributed by atoms with Gasteiger partial charge in [0, 0.05) is 17.6 Å². The predicted molar refractivity (Wildman–Crippen MR) is 104 cm³/mol. The number of H-pyrrole nitrogens is 1. The highest BCUT2D eigenvalue weighted by Crippen LogP contribution is 2.33. The second-order valence-electron chi connectivity index (χ2n) is 6.99. The van der Waals surface area contributed by atoms with Gasteiger partial charge < -0.3 is 19.9 Å². The number of carbonyl (C=O) groups excluding carboxylic acids is 1. The minimum atomic E-state index is -0.566. The molecule has 1 amide bonds. The van der Waals surface area contributed by atoms with E-state index >= 15 is 0 Å². The van der Waals surface area contributed by atoms with E-state index < -0.39 is 6.09 Å². The topological polar surface area (TPSA) is 120 Å². The van der Waals surface area contributed by atoms with Gasteiger partial charge in [-0.15, -0.1) is 0 Å². The number of pyridine rings is 1. The molecule has 2 N–H and O–H groups in total. The first-order valence-electron chi connectivity index (χ1n) is 9.25. The number of alkyl carbamates (subject to hydrolysis) is 1. The maximum absolute atomic E-state index is 11.9. The molecule has 28 heavy (non-hydrogen) atoms. The van der Waals surface area contributed by atoms with Crippen LogP contribution in [0.5, 0.6) is 0 Å². The Balaban J connectivity index is 1.70. The molecular weight excluding hydrogens is 358 g/mol. The van der Waals surface area contributed by atoms with E-state index in [1.165, 1.54) is 0 Å². The van der Waals surface area contributed by atoms with Crippen molar-refractivity contribution in [2.75, 3.05) is 18.0 Å². The molecule has 0 aromatic carbocycles. The molecule has 2 atom stereocenters. The lowest BCUT2D eigenvalue weighted by Crippen LogP contribution is -2.47. The number of aromatic nitrogens is 4. The number of nitrogens with one attached hydrogen (secondary N) is 2. The number of nitriles is 1. The van der Waals surface area contributed by atoms with Gasteiger partial charge in [0.2, 0.25) is 0 Å². The van der Waals surface area contributed by atoms with Crippen LogP contribution in [0.1, 0.15) is 25.6 Å². The molecule has 9 heteroatoms. The number of ether oxygens (including phenoxy) is 1. The summed E-state index contributed by atoms with van der Waals surface area (Å²) >= 11 is 0. The number of rotatable bonds is 3. The predicted octanol–water partition coefficient (Wildman–Crippen LogP) is 2.42. The lowest BCUT2D eigenvalue weighted by molar-refractivity contribution is 0.0846. The summed E-state index contributed by atoms with van der Waals surface area (Å²) in [6.45, 7) is 4.52. The minimum absolute atomic E-state index is 0.0689. The number of fused-ring (bicyclic) bond motifs is 3. The summed E-state index contributed by atoms with van der Waals surface area (Å²) in [5.74, 6) is 1.62. The highest BCUT2D eigenvalue weighted by atomic mass is 16.6. The van der Waals surface area contributed by atoms with Crippen LogP contribution in [0.25, 0.3) is 21.9 Å². The molecule has 1 saturated heterocycles. The second kappa shape index (κ2) is 7.31. The number of anilines is 1. The highest BCUT2D eigenvalue weighted by molar-refractivity contribution is 6.09. The van der Waals surface area contributed by atoms with Gasteiger partial charge in [0.15, 0.2) is 5.65 Å². The zero-order valence-electron chi connectivity index (χ0n) is 15.8. The zero-order chi connectivity index (χ0) is 19.7. The Morgan fingerprint density at radius 1 is 1.46 bits per heavy atom. The van der Waals surface area contributed by atoms with Crippen molar-refractivity contribution in [3.63, 3.8) is 0 Å². The van der Waals surface area contributed by atoms with E-state index in [1.54, 1.807) is 12.4 Å². The molecule has 0 spiro atoms. The van der Waals surface area contributed by atoms with Crippen LogP contribution in [0, 0.1) is 18.3 Å². The first-order chi connectivity index (χ1) is 13.6. The number of carbonyl (C=O) groups is 1. The molecule has 1 aliphatic heterocycles. The third kappa shape index (κ3) is 3.29. The van der Waals surface area contributed by atoms with Crippen LogP contribution in [0.2, 0.25) is 0 Å². The number of nitrogens with zero attached hydrogens (tertiary/aromatic N) is 5. The van der Waals surface area contributed by atoms with Crippen LogP contribution in [0.4, 0.5) is 10.6 Å². The van der Waals surface area contributed by atoms with E-state index in [9.17, 15) is 4.79 Å². The number of amides is 1. The molecule has 1 aliphatic rings. The van der Waals surface area contributed by atoms with Gasteiger partial charge in [-0.2, -0.15) is 5.26 Å². The van der Waals surface area contributed by atoms with Gasteiger partial charge in [0.05, 0.1) is 29.7 Å². The molecule has 0 bridgehead atoms. The van der Waals surface area contributed by atoms with Crippen molar-refractivity contribution in [2.24, 2.45) is 0 Å². The fraction of sp³-hybridized carbons (Fsp3) is 0.421. The van der Waals surface area contributed by atoms with Gasteiger partial charge in [0.25, 0.3) is 0 Å². The fourth-order valence-corrected chi connectivity index (χ4v) is 3.71. The van der Waals surface area contributed by atoms with E-state index in [2.05, 4.69) is 32.1 Å². The number of aromatic amines is 1. The third-order valence-electron chi connectivity index (χ3n) is 5.04. The maximum atomic E-state index is 11.9. The Bertz CT molecular complexity index is 1070. The fourth-order valence-electron chi connectivity index (χ4n) is 3.71. The average Bonchev–Trinajstić information content (AvgIpc) is 3.16. The summed E-state index contributed by atoms with van der Waals surface area (Å²) in [5, 5.41) is 12.9. The Morgan fingerprint density at radius 2 is 2.32 bits per heavy atom. The second-order valence-corrected chi connectivity index (χ2v) is 6.99. The van der Waals surface area contributed by atoms with Crippen molar-refractivity contribution in [3.8, 4) is 6.07 Å². The molecule has 0 radical (unpaired) electrons. The van der Waals surface area contributed by atoms with Gasteiger partial charge in [-0.1, -0.05) is 0 Å². The molecule has 0 saturated carbocycles. The largest absolute Gasteiger partial charge is 0.444 e. The van der Waals surface area contributed by atoms with Crippen molar-refractivity contribution < 1.29 is 9.53 Å². The Hall–Kier alpha value is -3.41. The van der Waals surface area contributed by atoms with Crippen molar-refractivity contribution in [2.45, 2.75) is 38.8 Å². The molecule has 3 aromatic rings. The molecular formula is C19H21N7O2. The zero-order valence-corrected chi connectivity index (χ0v) is 15.8. The van der Waals surface area contributed by atoms with Crippen LogP contribution in [-0.2, 0) is 4.74 Å². The Kier molecular flexibility index (Phi) is 4.69. The summed E-state index contributed by atoms with van der Waals surface area (Å²) in [4.78, 5) is 30.8. The Labute approximate surface area is 161 Å². The normalized spacial score (nSPS) is 19.5. The first kappa shape index (κ1) is 18.0. The van der Waals surface area contributed by atoms with Gasteiger partial charge >= 0.3 is 6.09 Å². The first-order valence-corrected chi connectivity index (χ1v) is 9.25. The Morgan fingerprint density at radius 3 is 3.14 bits per heavy atom. The SMILES string of the molecule is Cc1nc(N2CC(OC(=O)NCC#N)CCC2C)c2c(cnc3nccc32)[nH]1. The monoisotopic (exact) mass is 379 g/mol. The average molecular weight is 379 g/mol. The lowest BCUT2D eigenvalue weighted by Gasteiger charge is -2.39. The third-order valence-corrected chi connectivity index (χ3v) is 5.04. The molecule has 1 fully saturated rings. The summed E-state index contributed by atoms with van der Waals surface area (Å²) in [5.41, 5.74) is 1.58. The summed E-state index contributed by atoms with van der Waals surface area (Å²) in [6.07, 6.45) is 4.31. The quantitative estimate of drug-likeness (QED) is 0.671. The number of hydrogen-bond donors (Lipinski definition) is 2. The maximum Gasteiger partial charge on any atom is 0.408 e. The number of hydrogen-bond acceptors (Lipinski definition) is 7. The molecule has 4 rings (SSSR count). The van der Waals surface area contributed by atoms with Crippen LogP contribution >= 0.6 is 0 Å². The van der Waals surface area contributed by atoms with Crippen molar-refractivity contribution in [1.82, 2.24) is 25.3 Å². The van der Waals surface area contributed by atoms with Gasteiger partial charge in [-0.05, 0) is 32.8 Å². The van der Waals surface area contributed by atoms with Gasteiger partial charge in [-0.3, -0.25) is 0 Å². The van der Waals surface area contributed by atoms with Crippen LogP contribution in [0.15, 0.2) is 18.5 Å². The van der Waals surface area contributed by atoms with Crippen molar-refractivity contribution in [3.05, 3.63) is 24.3 Å². The van der Waals surface area contributed by atoms with E-state index in [0.717, 1.165) is 40.8 Å². The molecule has 144 valence electrons. The molecule has 3 aromatic heterocycles. The van der Waals surface area contributed by atoms with E-state index in [1.807, 2.05) is 19.1 Å². The molecule has 4 heterocycles. The molecule has 2 unspecified atom stereocenters. The minimum Gasteiger partial charge on any atom is -0.444 e. The lowest BCUT2D eigenvalue weighted by atomic mass is 10.0. The summed E-state index contributed by atoms with van der Waals surface area (Å²) < 4.78 is 5.51. The van der Waals surface area contributed by atoms with Crippen LogP contribution in [-0.4, -0.2) is 51.3 Å². The van der Waals surface area contributed by atoms with E-state index in [-0.39, 0.29) is 18.7 Å². The smallest absolute Gasteiger partial charge is 0.408 e. The number of piperidine rings is 1. The standard InChI is InChI=1S/C19H21N7O2/c1-11-3-4-13(28-19(27)22-8-6-20)10-26(11)18-16-14-5-7-21-17(14)23-9-15(16)24-12(2)25-18/h5,7,9,11,13H,3-4,8,10H2,1-2H3,(H,22,27)(H,24,25). The van der Waals surface area contributed by atoms with E-state index in [0.29, 0.717) is 12.2 Å². The summed E-state index contributed by atoms with van der Waals surface area (Å²) in [7, 11) is 0. The summed E-state index contributed by atoms with van der Waals surface area (Å²) in [6, 6.07) is 4.05. The van der Waals surface area contributed by atoms with Crippen molar-refractivity contribution >= 4 is 33.8 Å². The molecule has 9 nitrogen and oxygen atoms in total. The highest BCUT2D eigenvalue weighted by Gasteiger charge is 2.30. The van der Waals surface area contributed by atoms with Gasteiger partial charge in [-0.25, -0.2) is 19.7 Å². The van der Waals surface area contributed by atoms with Crippen molar-refractivity contribution in [1.29, 1.82) is 5.26 Å². The van der Waals surface area contributed by atoms with Crippen LogP contribution < -0.4 is 10.2 Å². The molecule has 0 aliphatic carbocycles. The van der Waals surface area contributed by atoms with Crippen LogP contribution in [0.3, 0.4) is 0 Å². The number of aryl methyl sites for hydroxylation is 1.